The molecule has 0 fully saturated rings. The average molecular weight is 264 g/mol. The van der Waals surface area contributed by atoms with E-state index in [0.717, 1.165) is 16.3 Å². The number of ketones is 1. The Kier molecular flexibility index (Phi) is 3.50. The molecule has 0 amide bonds. The van der Waals surface area contributed by atoms with Gasteiger partial charge >= 0.3 is 0 Å². The number of carbonyl (C=O) groups excluding carboxylic acids is 1. The number of hydrogen-bond donors (Lipinski definition) is 1. The summed E-state index contributed by atoms with van der Waals surface area (Å²) in [4.78, 5) is 14.2. The molecule has 1 heterocycles. The summed E-state index contributed by atoms with van der Waals surface area (Å²) in [5.74, 6) is 0.177. The van der Waals surface area contributed by atoms with Crippen LogP contribution in [0.15, 0.2) is 67.3 Å². The fraction of sp³-hybridized carbons (Fsp3) is 0.118. The number of benzene rings is 2. The topological polar surface area (TPSA) is 32.3 Å². The Bertz CT molecular complexity index is 676. The van der Waals surface area contributed by atoms with Gasteiger partial charge in [-0.05, 0) is 16.8 Å². The van der Waals surface area contributed by atoms with Gasteiger partial charge in [-0.1, -0.05) is 36.4 Å². The van der Waals surface area contributed by atoms with Crippen molar-refractivity contribution < 1.29 is 4.79 Å². The van der Waals surface area contributed by atoms with Crippen molar-refractivity contribution >= 4 is 16.6 Å². The number of Topliss-reactive ketones (excluding diaryl/α,β-unsaturated/α-hetero) is 1. The van der Waals surface area contributed by atoms with E-state index in [1.165, 1.54) is 0 Å². The van der Waals surface area contributed by atoms with Crippen LogP contribution in [-0.4, -0.2) is 17.2 Å². The third-order valence-corrected chi connectivity index (χ3v) is 3.39. The molecule has 0 aromatic heterocycles. The molecule has 0 bridgehead atoms. The molecule has 0 spiro atoms. The molecule has 3 rings (SSSR count). The van der Waals surface area contributed by atoms with E-state index in [4.69, 9.17) is 0 Å². The van der Waals surface area contributed by atoms with Gasteiger partial charge in [0.15, 0.2) is 5.78 Å². The first kappa shape index (κ1) is 12.5. The maximum atomic E-state index is 12.2. The SMILES string of the molecule is O=C(CCN1C=CNC=C1)c1ccc2ccccc2c1. The summed E-state index contributed by atoms with van der Waals surface area (Å²) in [5, 5.41) is 5.24. The van der Waals surface area contributed by atoms with E-state index in [1.807, 2.05) is 66.1 Å². The summed E-state index contributed by atoms with van der Waals surface area (Å²) < 4.78 is 0. The highest BCUT2D eigenvalue weighted by Crippen LogP contribution is 2.17. The van der Waals surface area contributed by atoms with Gasteiger partial charge in [0, 0.05) is 43.3 Å². The fourth-order valence-electron chi connectivity index (χ4n) is 2.27. The smallest absolute Gasteiger partial charge is 0.164 e. The standard InChI is InChI=1S/C17H16N2O/c20-17(7-10-19-11-8-18-9-12-19)16-6-5-14-3-1-2-4-15(14)13-16/h1-6,8-9,11-13,18H,7,10H2. The number of carbonyl (C=O) groups is 1. The van der Waals surface area contributed by atoms with Crippen LogP contribution in [0, 0.1) is 0 Å². The average Bonchev–Trinajstić information content (AvgIpc) is 2.53. The van der Waals surface area contributed by atoms with Crippen LogP contribution >= 0.6 is 0 Å². The third-order valence-electron chi connectivity index (χ3n) is 3.39. The van der Waals surface area contributed by atoms with Crippen LogP contribution in [0.5, 0.6) is 0 Å². The van der Waals surface area contributed by atoms with Gasteiger partial charge in [-0.2, -0.15) is 0 Å². The Morgan fingerprint density at radius 1 is 1.00 bits per heavy atom. The zero-order valence-corrected chi connectivity index (χ0v) is 11.1. The van der Waals surface area contributed by atoms with Crippen molar-refractivity contribution in [2.24, 2.45) is 0 Å². The zero-order valence-electron chi connectivity index (χ0n) is 11.1. The molecular formula is C17H16N2O. The van der Waals surface area contributed by atoms with E-state index < -0.39 is 0 Å². The van der Waals surface area contributed by atoms with Gasteiger partial charge in [0.05, 0.1) is 0 Å². The van der Waals surface area contributed by atoms with Gasteiger partial charge in [-0.15, -0.1) is 0 Å². The maximum absolute atomic E-state index is 12.2. The normalized spacial score (nSPS) is 13.5. The number of hydrogen-bond acceptors (Lipinski definition) is 3. The Balaban J connectivity index is 1.70. The van der Waals surface area contributed by atoms with Crippen LogP contribution in [0.25, 0.3) is 10.8 Å². The second-order valence-corrected chi connectivity index (χ2v) is 4.77. The fourth-order valence-corrected chi connectivity index (χ4v) is 2.27. The highest BCUT2D eigenvalue weighted by molar-refractivity contribution is 6.00. The summed E-state index contributed by atoms with van der Waals surface area (Å²) in [6.07, 6.45) is 8.05. The monoisotopic (exact) mass is 264 g/mol. The van der Waals surface area contributed by atoms with Gasteiger partial charge < -0.3 is 10.2 Å². The second kappa shape index (κ2) is 5.61. The van der Waals surface area contributed by atoms with Crippen LogP contribution in [0.3, 0.4) is 0 Å². The lowest BCUT2D eigenvalue weighted by Crippen LogP contribution is -2.19. The molecule has 0 saturated carbocycles. The van der Waals surface area contributed by atoms with Crippen molar-refractivity contribution in [1.29, 1.82) is 0 Å². The molecule has 1 N–H and O–H groups in total. The van der Waals surface area contributed by atoms with E-state index in [-0.39, 0.29) is 5.78 Å². The Labute approximate surface area is 118 Å². The quantitative estimate of drug-likeness (QED) is 0.860. The van der Waals surface area contributed by atoms with Crippen molar-refractivity contribution in [1.82, 2.24) is 10.2 Å². The number of nitrogens with one attached hydrogen (secondary N) is 1. The molecule has 2 aromatic rings. The molecule has 0 saturated heterocycles. The minimum Gasteiger partial charge on any atom is -0.365 e. The third kappa shape index (κ3) is 2.72. The van der Waals surface area contributed by atoms with Gasteiger partial charge in [-0.25, -0.2) is 0 Å². The minimum atomic E-state index is 0.177. The Morgan fingerprint density at radius 3 is 2.55 bits per heavy atom. The summed E-state index contributed by atoms with van der Waals surface area (Å²) in [6, 6.07) is 14.0. The summed E-state index contributed by atoms with van der Waals surface area (Å²) >= 11 is 0. The first-order valence-corrected chi connectivity index (χ1v) is 6.70. The van der Waals surface area contributed by atoms with Crippen molar-refractivity contribution in [3.8, 4) is 0 Å². The van der Waals surface area contributed by atoms with E-state index in [9.17, 15) is 4.79 Å². The second-order valence-electron chi connectivity index (χ2n) is 4.77. The van der Waals surface area contributed by atoms with E-state index in [2.05, 4.69) is 11.4 Å². The highest BCUT2D eigenvalue weighted by Gasteiger charge is 2.08. The number of rotatable bonds is 4. The molecule has 2 aromatic carbocycles. The molecule has 0 atom stereocenters. The van der Waals surface area contributed by atoms with Gasteiger partial charge in [-0.3, -0.25) is 4.79 Å². The van der Waals surface area contributed by atoms with Crippen molar-refractivity contribution in [3.05, 3.63) is 72.8 Å². The molecular weight excluding hydrogens is 248 g/mol. The predicted molar refractivity (Wildman–Crippen MR) is 81.0 cm³/mol. The zero-order chi connectivity index (χ0) is 13.8. The van der Waals surface area contributed by atoms with Crippen molar-refractivity contribution in [2.45, 2.75) is 6.42 Å². The molecule has 100 valence electrons. The Hall–Kier alpha value is -2.55. The van der Waals surface area contributed by atoms with E-state index in [1.54, 1.807) is 0 Å². The lowest BCUT2D eigenvalue weighted by atomic mass is 10.0. The van der Waals surface area contributed by atoms with Crippen LogP contribution in [-0.2, 0) is 0 Å². The van der Waals surface area contributed by atoms with Crippen molar-refractivity contribution in [3.63, 3.8) is 0 Å². The van der Waals surface area contributed by atoms with Crippen molar-refractivity contribution in [2.75, 3.05) is 6.54 Å². The minimum absolute atomic E-state index is 0.177. The molecule has 1 aliphatic rings. The van der Waals surface area contributed by atoms with Crippen LogP contribution in [0.2, 0.25) is 0 Å². The van der Waals surface area contributed by atoms with Gasteiger partial charge in [0.25, 0.3) is 0 Å². The van der Waals surface area contributed by atoms with E-state index in [0.29, 0.717) is 13.0 Å². The molecule has 0 aliphatic carbocycles. The lowest BCUT2D eigenvalue weighted by molar-refractivity contribution is 0.0976. The highest BCUT2D eigenvalue weighted by atomic mass is 16.1. The van der Waals surface area contributed by atoms with Crippen LogP contribution in [0.1, 0.15) is 16.8 Å². The van der Waals surface area contributed by atoms with E-state index >= 15 is 0 Å². The largest absolute Gasteiger partial charge is 0.365 e. The lowest BCUT2D eigenvalue weighted by Gasteiger charge is -2.17. The first-order chi connectivity index (χ1) is 9.83. The van der Waals surface area contributed by atoms with Crippen LogP contribution in [0.4, 0.5) is 0 Å². The molecule has 3 nitrogen and oxygen atoms in total. The molecule has 3 heteroatoms. The van der Waals surface area contributed by atoms with Crippen LogP contribution < -0.4 is 5.32 Å². The number of nitrogens with zero attached hydrogens (tertiary/aromatic N) is 1. The summed E-state index contributed by atoms with van der Waals surface area (Å²) in [5.41, 5.74) is 0.784. The maximum Gasteiger partial charge on any atom is 0.164 e. The Morgan fingerprint density at radius 2 is 1.75 bits per heavy atom. The summed E-state index contributed by atoms with van der Waals surface area (Å²) in [7, 11) is 0. The van der Waals surface area contributed by atoms with Gasteiger partial charge in [0.1, 0.15) is 0 Å². The molecule has 0 unspecified atom stereocenters. The summed E-state index contributed by atoms with van der Waals surface area (Å²) in [6.45, 7) is 0.695. The number of fused-ring (bicyclic) bond motifs is 1. The first-order valence-electron chi connectivity index (χ1n) is 6.70. The molecule has 0 radical (unpaired) electrons. The predicted octanol–water partition coefficient (Wildman–Crippen LogP) is 3.26. The molecule has 20 heavy (non-hydrogen) atoms. The molecule has 1 aliphatic heterocycles. The van der Waals surface area contributed by atoms with Gasteiger partial charge in [0.2, 0.25) is 0 Å².